The lowest BCUT2D eigenvalue weighted by atomic mass is 10.0. The Bertz CT molecular complexity index is 1460. The molecular formula is C25H25N7O3. The van der Waals surface area contributed by atoms with E-state index in [0.29, 0.717) is 42.5 Å². The third-order valence-electron chi connectivity index (χ3n) is 6.76. The van der Waals surface area contributed by atoms with E-state index in [1.54, 1.807) is 29.2 Å². The number of carbonyl (C=O) groups is 1. The first-order valence-corrected chi connectivity index (χ1v) is 11.8. The van der Waals surface area contributed by atoms with Crippen LogP contribution in [0.5, 0.6) is 0 Å². The third-order valence-corrected chi connectivity index (χ3v) is 6.76. The molecule has 2 atom stereocenters. The maximum absolute atomic E-state index is 13.2. The minimum absolute atomic E-state index is 0.103. The topological polar surface area (TPSA) is 120 Å². The van der Waals surface area contributed by atoms with Gasteiger partial charge in [-0.1, -0.05) is 0 Å². The molecule has 0 saturated carbocycles. The zero-order valence-electron chi connectivity index (χ0n) is 19.3. The van der Waals surface area contributed by atoms with E-state index in [2.05, 4.69) is 33.0 Å². The maximum atomic E-state index is 13.2. The Balaban J connectivity index is 1.41. The molecule has 10 nitrogen and oxygen atoms in total. The first-order valence-electron chi connectivity index (χ1n) is 11.8. The fourth-order valence-corrected chi connectivity index (χ4v) is 5.02. The molecule has 2 aliphatic heterocycles. The highest BCUT2D eigenvalue weighted by Gasteiger charge is 2.28. The van der Waals surface area contributed by atoms with Gasteiger partial charge in [0.15, 0.2) is 0 Å². The largest absolute Gasteiger partial charge is 0.378 e. The number of hydrogen-bond acceptors (Lipinski definition) is 7. The molecule has 6 rings (SSSR count). The van der Waals surface area contributed by atoms with Gasteiger partial charge in [0.1, 0.15) is 23.2 Å². The van der Waals surface area contributed by atoms with Crippen LogP contribution in [0.1, 0.15) is 43.2 Å². The van der Waals surface area contributed by atoms with E-state index in [9.17, 15) is 10.1 Å². The first-order chi connectivity index (χ1) is 17.1. The summed E-state index contributed by atoms with van der Waals surface area (Å²) in [5.41, 5.74) is 2.98. The molecule has 5 heterocycles. The number of carbonyl (C=O) groups excluding carboxylic acids is 1. The number of benzene rings is 1. The Labute approximate surface area is 201 Å². The average molecular weight is 472 g/mol. The number of rotatable bonds is 5. The van der Waals surface area contributed by atoms with Gasteiger partial charge >= 0.3 is 0 Å². The van der Waals surface area contributed by atoms with Crippen molar-refractivity contribution < 1.29 is 14.3 Å². The van der Waals surface area contributed by atoms with Crippen LogP contribution >= 0.6 is 0 Å². The molecule has 4 aromatic rings. The molecule has 178 valence electrons. The van der Waals surface area contributed by atoms with Crippen LogP contribution in [0.15, 0.2) is 36.7 Å². The van der Waals surface area contributed by atoms with E-state index in [1.165, 1.54) is 0 Å². The standard InChI is InChI=1S/C25H25N7O3/c1-15-8-17(5-7-35-15)31-23(10-24(33)30-22-4-6-28-32(22)18-13-34-14-18)29-21-12-27-20-3-2-16(11-26)9-19(20)25(21)31/h2-4,6,9,12,15,17-18H,5,7-8,10,13-14H2,1H3,(H,30,33)/t15-,17-/m1/s1. The number of amides is 1. The summed E-state index contributed by atoms with van der Waals surface area (Å²) < 4.78 is 15.0. The van der Waals surface area contributed by atoms with Gasteiger partial charge in [-0.15, -0.1) is 0 Å². The van der Waals surface area contributed by atoms with Crippen LogP contribution in [0.4, 0.5) is 5.82 Å². The highest BCUT2D eigenvalue weighted by atomic mass is 16.5. The Morgan fingerprint density at radius 2 is 2.14 bits per heavy atom. The molecule has 10 heteroatoms. The van der Waals surface area contributed by atoms with Gasteiger partial charge in [0, 0.05) is 24.1 Å². The van der Waals surface area contributed by atoms with Gasteiger partial charge in [-0.25, -0.2) is 9.67 Å². The minimum Gasteiger partial charge on any atom is -0.378 e. The van der Waals surface area contributed by atoms with E-state index >= 15 is 0 Å². The summed E-state index contributed by atoms with van der Waals surface area (Å²) in [4.78, 5) is 22.6. The Morgan fingerprint density at radius 1 is 1.26 bits per heavy atom. The summed E-state index contributed by atoms with van der Waals surface area (Å²) in [5.74, 6) is 1.15. The molecule has 1 amide bonds. The molecule has 0 spiro atoms. The number of aromatic nitrogens is 5. The number of nitrogens with zero attached hydrogens (tertiary/aromatic N) is 6. The van der Waals surface area contributed by atoms with Gasteiger partial charge in [0.2, 0.25) is 5.91 Å². The Hall–Kier alpha value is -3.81. The summed E-state index contributed by atoms with van der Waals surface area (Å²) in [7, 11) is 0. The van der Waals surface area contributed by atoms with Crippen LogP contribution in [-0.4, -0.2) is 56.1 Å². The lowest BCUT2D eigenvalue weighted by Gasteiger charge is -2.30. The second kappa shape index (κ2) is 8.76. The summed E-state index contributed by atoms with van der Waals surface area (Å²) in [6.45, 7) is 3.89. The SMILES string of the molecule is C[C@@H]1C[C@H](n2c(CC(=O)Nc3ccnn3C3COC3)nc3cnc4ccc(C#N)cc4c32)CCO1. The molecular weight excluding hydrogens is 446 g/mol. The van der Waals surface area contributed by atoms with Crippen molar-refractivity contribution >= 4 is 33.7 Å². The van der Waals surface area contributed by atoms with Gasteiger partial charge in [0.25, 0.3) is 0 Å². The fourth-order valence-electron chi connectivity index (χ4n) is 5.02. The summed E-state index contributed by atoms with van der Waals surface area (Å²) in [5, 5.41) is 17.7. The van der Waals surface area contributed by atoms with E-state index in [4.69, 9.17) is 14.5 Å². The summed E-state index contributed by atoms with van der Waals surface area (Å²) in [6.07, 6.45) is 5.27. The van der Waals surface area contributed by atoms with Crippen molar-refractivity contribution in [2.24, 2.45) is 0 Å². The van der Waals surface area contributed by atoms with Crippen molar-refractivity contribution in [1.82, 2.24) is 24.3 Å². The second-order valence-corrected chi connectivity index (χ2v) is 9.17. The molecule has 1 N–H and O–H groups in total. The van der Waals surface area contributed by atoms with Crippen LogP contribution in [0.3, 0.4) is 0 Å². The molecule has 0 bridgehead atoms. The number of ether oxygens (including phenoxy) is 2. The molecule has 2 fully saturated rings. The average Bonchev–Trinajstić information content (AvgIpc) is 3.41. The minimum atomic E-state index is -0.168. The highest BCUT2D eigenvalue weighted by Crippen LogP contribution is 2.34. The van der Waals surface area contributed by atoms with Gasteiger partial charge in [-0.05, 0) is 38.0 Å². The zero-order chi connectivity index (χ0) is 23.9. The number of nitrogens with one attached hydrogen (secondary N) is 1. The number of hydrogen-bond donors (Lipinski definition) is 1. The molecule has 0 radical (unpaired) electrons. The van der Waals surface area contributed by atoms with Crippen LogP contribution in [0.25, 0.3) is 21.9 Å². The van der Waals surface area contributed by atoms with Crippen molar-refractivity contribution in [1.29, 1.82) is 5.26 Å². The smallest absolute Gasteiger partial charge is 0.233 e. The number of anilines is 1. The van der Waals surface area contributed by atoms with Crippen LogP contribution in [0, 0.1) is 11.3 Å². The van der Waals surface area contributed by atoms with E-state index in [0.717, 1.165) is 29.3 Å². The van der Waals surface area contributed by atoms with Crippen molar-refractivity contribution in [3.63, 3.8) is 0 Å². The fraction of sp³-hybridized carbons (Fsp3) is 0.400. The molecule has 0 unspecified atom stereocenters. The van der Waals surface area contributed by atoms with Crippen LogP contribution < -0.4 is 5.32 Å². The lowest BCUT2D eigenvalue weighted by Crippen LogP contribution is -2.33. The van der Waals surface area contributed by atoms with Gasteiger partial charge in [0.05, 0.1) is 60.8 Å². The first kappa shape index (κ1) is 21.7. The van der Waals surface area contributed by atoms with Crippen molar-refractivity contribution in [3.05, 3.63) is 48.0 Å². The van der Waals surface area contributed by atoms with Crippen molar-refractivity contribution in [2.75, 3.05) is 25.1 Å². The van der Waals surface area contributed by atoms with E-state index < -0.39 is 0 Å². The lowest BCUT2D eigenvalue weighted by molar-refractivity contribution is -0.115. The quantitative estimate of drug-likeness (QED) is 0.475. The predicted octanol–water partition coefficient (Wildman–Crippen LogP) is 3.15. The predicted molar refractivity (Wildman–Crippen MR) is 128 cm³/mol. The molecule has 1 aromatic carbocycles. The zero-order valence-corrected chi connectivity index (χ0v) is 19.3. The maximum Gasteiger partial charge on any atom is 0.233 e. The Morgan fingerprint density at radius 3 is 2.91 bits per heavy atom. The number of pyridine rings is 1. The summed E-state index contributed by atoms with van der Waals surface area (Å²) in [6, 6.07) is 9.75. The summed E-state index contributed by atoms with van der Waals surface area (Å²) >= 11 is 0. The molecule has 35 heavy (non-hydrogen) atoms. The highest BCUT2D eigenvalue weighted by molar-refractivity contribution is 6.03. The number of fused-ring (bicyclic) bond motifs is 3. The van der Waals surface area contributed by atoms with Gasteiger partial charge in [-0.2, -0.15) is 10.4 Å². The normalized spacial score (nSPS) is 20.6. The van der Waals surface area contributed by atoms with Gasteiger partial charge in [-0.3, -0.25) is 9.78 Å². The Kier molecular flexibility index (Phi) is 5.43. The van der Waals surface area contributed by atoms with Crippen LogP contribution in [-0.2, 0) is 20.7 Å². The molecule has 3 aromatic heterocycles. The third kappa shape index (κ3) is 3.92. The van der Waals surface area contributed by atoms with Gasteiger partial charge < -0.3 is 19.4 Å². The monoisotopic (exact) mass is 471 g/mol. The van der Waals surface area contributed by atoms with Crippen molar-refractivity contribution in [3.8, 4) is 6.07 Å². The molecule has 2 aliphatic rings. The van der Waals surface area contributed by atoms with Crippen LogP contribution in [0.2, 0.25) is 0 Å². The van der Waals surface area contributed by atoms with Crippen molar-refractivity contribution in [2.45, 2.75) is 44.4 Å². The molecule has 2 saturated heterocycles. The van der Waals surface area contributed by atoms with E-state index in [-0.39, 0.29) is 30.5 Å². The number of imidazole rings is 1. The van der Waals surface area contributed by atoms with E-state index in [1.807, 2.05) is 12.1 Å². The molecule has 0 aliphatic carbocycles. The second-order valence-electron chi connectivity index (χ2n) is 9.17. The number of nitriles is 1.